The normalized spacial score (nSPS) is 15.0. The van der Waals surface area contributed by atoms with Crippen LogP contribution >= 0.6 is 0 Å². The minimum absolute atomic E-state index is 0.00330. The molecule has 3 aromatic rings. The lowest BCUT2D eigenvalue weighted by Crippen LogP contribution is -2.44. The summed E-state index contributed by atoms with van der Waals surface area (Å²) in [7, 11) is 3.00. The summed E-state index contributed by atoms with van der Waals surface area (Å²) in [6.45, 7) is 2.71. The van der Waals surface area contributed by atoms with Gasteiger partial charge < -0.3 is 19.2 Å². The highest BCUT2D eigenvalue weighted by Crippen LogP contribution is 2.31. The molecular weight excluding hydrogens is 396 g/mol. The topological polar surface area (TPSA) is 81.0 Å². The number of carbonyl (C=O) groups is 1. The minimum Gasteiger partial charge on any atom is -0.493 e. The highest BCUT2D eigenvalue weighted by Gasteiger charge is 2.23. The molecule has 1 fully saturated rings. The molecule has 1 aromatic heterocycles. The molecule has 0 unspecified atom stereocenters. The number of fused-ring (bicyclic) bond motifs is 1. The largest absolute Gasteiger partial charge is 0.493 e. The first-order valence-corrected chi connectivity index (χ1v) is 10.3. The molecule has 2 heterocycles. The Morgan fingerprint density at radius 2 is 1.74 bits per heavy atom. The molecule has 0 radical (unpaired) electrons. The fourth-order valence-corrected chi connectivity index (χ4v) is 3.93. The van der Waals surface area contributed by atoms with Crippen LogP contribution in [-0.2, 0) is 6.54 Å². The number of rotatable bonds is 6. The molecule has 2 aromatic carbocycles. The van der Waals surface area contributed by atoms with Gasteiger partial charge in [-0.3, -0.25) is 14.5 Å². The SMILES string of the molecule is COc1cc2oc(C(=O)NC3CCN(Cc4ccccc4)CC3)cc(=O)c2cc1OC. The molecule has 0 atom stereocenters. The zero-order chi connectivity index (χ0) is 21.8. The number of ether oxygens (including phenoxy) is 2. The molecule has 7 nitrogen and oxygen atoms in total. The van der Waals surface area contributed by atoms with E-state index in [0.29, 0.717) is 16.9 Å². The van der Waals surface area contributed by atoms with Gasteiger partial charge in [-0.15, -0.1) is 0 Å². The van der Waals surface area contributed by atoms with E-state index >= 15 is 0 Å². The van der Waals surface area contributed by atoms with Crippen molar-refractivity contribution >= 4 is 16.9 Å². The molecule has 4 rings (SSSR count). The Hall–Kier alpha value is -3.32. The van der Waals surface area contributed by atoms with Gasteiger partial charge in [-0.2, -0.15) is 0 Å². The lowest BCUT2D eigenvalue weighted by molar-refractivity contribution is 0.0881. The van der Waals surface area contributed by atoms with Crippen molar-refractivity contribution in [3.63, 3.8) is 0 Å². The summed E-state index contributed by atoms with van der Waals surface area (Å²) in [6, 6.07) is 14.8. The molecule has 31 heavy (non-hydrogen) atoms. The third-order valence-electron chi connectivity index (χ3n) is 5.63. The maximum Gasteiger partial charge on any atom is 0.287 e. The van der Waals surface area contributed by atoms with E-state index in [1.54, 1.807) is 12.1 Å². The van der Waals surface area contributed by atoms with Gasteiger partial charge >= 0.3 is 0 Å². The number of nitrogens with one attached hydrogen (secondary N) is 1. The quantitative estimate of drug-likeness (QED) is 0.657. The number of methoxy groups -OCH3 is 2. The Morgan fingerprint density at radius 1 is 1.06 bits per heavy atom. The first-order valence-electron chi connectivity index (χ1n) is 10.3. The monoisotopic (exact) mass is 422 g/mol. The first kappa shape index (κ1) is 20.9. The number of carbonyl (C=O) groups excluding carboxylic acids is 1. The van der Waals surface area contributed by atoms with Crippen LogP contribution in [0.4, 0.5) is 0 Å². The molecule has 1 aliphatic rings. The fraction of sp³-hybridized carbons (Fsp3) is 0.333. The summed E-state index contributed by atoms with van der Waals surface area (Å²) in [5.41, 5.74) is 1.27. The van der Waals surface area contributed by atoms with Gasteiger partial charge in [0.25, 0.3) is 5.91 Å². The number of piperidine rings is 1. The van der Waals surface area contributed by atoms with Crippen molar-refractivity contribution in [3.8, 4) is 11.5 Å². The van der Waals surface area contributed by atoms with Gasteiger partial charge in [-0.05, 0) is 24.5 Å². The van der Waals surface area contributed by atoms with Crippen LogP contribution in [0.25, 0.3) is 11.0 Å². The Morgan fingerprint density at radius 3 is 2.42 bits per heavy atom. The average Bonchev–Trinajstić information content (AvgIpc) is 2.80. The summed E-state index contributed by atoms with van der Waals surface area (Å²) in [5.74, 6) is 0.481. The molecule has 0 aliphatic carbocycles. The lowest BCUT2D eigenvalue weighted by Gasteiger charge is -2.32. The molecule has 0 saturated carbocycles. The van der Waals surface area contributed by atoms with Gasteiger partial charge in [-0.25, -0.2) is 0 Å². The summed E-state index contributed by atoms with van der Waals surface area (Å²) < 4.78 is 16.2. The number of hydrogen-bond acceptors (Lipinski definition) is 6. The maximum atomic E-state index is 12.7. The minimum atomic E-state index is -0.379. The molecule has 162 valence electrons. The fourth-order valence-electron chi connectivity index (χ4n) is 3.93. The van der Waals surface area contributed by atoms with Crippen molar-refractivity contribution in [2.45, 2.75) is 25.4 Å². The Bertz CT molecular complexity index is 1120. The van der Waals surface area contributed by atoms with Gasteiger partial charge in [0.1, 0.15) is 5.58 Å². The van der Waals surface area contributed by atoms with Crippen molar-refractivity contribution in [2.24, 2.45) is 0 Å². The smallest absolute Gasteiger partial charge is 0.287 e. The zero-order valence-corrected chi connectivity index (χ0v) is 17.7. The number of amides is 1. The van der Waals surface area contributed by atoms with E-state index in [1.807, 2.05) is 18.2 Å². The van der Waals surface area contributed by atoms with Gasteiger partial charge in [0.15, 0.2) is 22.7 Å². The third kappa shape index (κ3) is 4.72. The van der Waals surface area contributed by atoms with E-state index < -0.39 is 0 Å². The molecule has 1 saturated heterocycles. The van der Waals surface area contributed by atoms with E-state index in [4.69, 9.17) is 13.9 Å². The van der Waals surface area contributed by atoms with Crippen LogP contribution in [0.5, 0.6) is 11.5 Å². The van der Waals surface area contributed by atoms with Crippen LogP contribution < -0.4 is 20.2 Å². The molecule has 1 aliphatic heterocycles. The van der Waals surface area contributed by atoms with E-state index in [0.717, 1.165) is 32.5 Å². The first-order chi connectivity index (χ1) is 15.1. The van der Waals surface area contributed by atoms with Gasteiger partial charge in [0.2, 0.25) is 0 Å². The van der Waals surface area contributed by atoms with E-state index in [9.17, 15) is 9.59 Å². The van der Waals surface area contributed by atoms with Crippen LogP contribution in [0.15, 0.2) is 57.7 Å². The summed E-state index contributed by atoms with van der Waals surface area (Å²) in [4.78, 5) is 27.7. The maximum absolute atomic E-state index is 12.7. The van der Waals surface area contributed by atoms with Crippen LogP contribution in [0.1, 0.15) is 29.0 Å². The predicted molar refractivity (Wildman–Crippen MR) is 118 cm³/mol. The van der Waals surface area contributed by atoms with Gasteiger partial charge in [0.05, 0.1) is 19.6 Å². The Labute approximate surface area is 180 Å². The van der Waals surface area contributed by atoms with Crippen LogP contribution in [-0.4, -0.2) is 44.2 Å². The molecular formula is C24H26N2O5. The van der Waals surface area contributed by atoms with Gasteiger partial charge in [0, 0.05) is 37.8 Å². The van der Waals surface area contributed by atoms with E-state index in [-0.39, 0.29) is 28.7 Å². The third-order valence-corrected chi connectivity index (χ3v) is 5.63. The van der Waals surface area contributed by atoms with Crippen molar-refractivity contribution in [1.29, 1.82) is 0 Å². The number of nitrogens with zero attached hydrogens (tertiary/aromatic N) is 1. The second-order valence-corrected chi connectivity index (χ2v) is 7.69. The predicted octanol–water partition coefficient (Wildman–Crippen LogP) is 3.20. The van der Waals surface area contributed by atoms with E-state index in [2.05, 4.69) is 22.3 Å². The van der Waals surface area contributed by atoms with Crippen molar-refractivity contribution < 1.29 is 18.7 Å². The van der Waals surface area contributed by atoms with Crippen molar-refractivity contribution in [1.82, 2.24) is 10.2 Å². The highest BCUT2D eigenvalue weighted by atomic mass is 16.5. The summed E-state index contributed by atoms with van der Waals surface area (Å²) in [6.07, 6.45) is 1.70. The number of benzene rings is 2. The van der Waals surface area contributed by atoms with Gasteiger partial charge in [-0.1, -0.05) is 30.3 Å². The summed E-state index contributed by atoms with van der Waals surface area (Å²) >= 11 is 0. The summed E-state index contributed by atoms with van der Waals surface area (Å²) in [5, 5.41) is 3.34. The van der Waals surface area contributed by atoms with Crippen LogP contribution in [0.2, 0.25) is 0 Å². The van der Waals surface area contributed by atoms with Crippen molar-refractivity contribution in [2.75, 3.05) is 27.3 Å². The second kappa shape index (κ2) is 9.22. The zero-order valence-electron chi connectivity index (χ0n) is 17.7. The lowest BCUT2D eigenvalue weighted by atomic mass is 10.0. The Kier molecular flexibility index (Phi) is 6.23. The average molecular weight is 422 g/mol. The van der Waals surface area contributed by atoms with Crippen LogP contribution in [0, 0.1) is 0 Å². The molecule has 0 spiro atoms. The standard InChI is InChI=1S/C24H26N2O5/c1-29-21-12-18-19(27)13-23(31-20(18)14-22(21)30-2)24(28)25-17-8-10-26(11-9-17)15-16-6-4-3-5-7-16/h3-7,12-14,17H,8-11,15H2,1-2H3,(H,25,28). The number of likely N-dealkylation sites (tertiary alicyclic amines) is 1. The number of hydrogen-bond donors (Lipinski definition) is 1. The molecule has 0 bridgehead atoms. The molecule has 7 heteroatoms. The molecule has 1 amide bonds. The Balaban J connectivity index is 1.42. The van der Waals surface area contributed by atoms with Crippen LogP contribution in [0.3, 0.4) is 0 Å². The molecule has 1 N–H and O–H groups in total. The second-order valence-electron chi connectivity index (χ2n) is 7.69. The highest BCUT2D eigenvalue weighted by molar-refractivity contribution is 5.93. The van der Waals surface area contributed by atoms with E-state index in [1.165, 1.54) is 25.8 Å². The van der Waals surface area contributed by atoms with Crippen molar-refractivity contribution in [3.05, 3.63) is 70.1 Å².